The summed E-state index contributed by atoms with van der Waals surface area (Å²) >= 11 is 0. The Morgan fingerprint density at radius 3 is 2.89 bits per heavy atom. The van der Waals surface area contributed by atoms with Gasteiger partial charge in [-0.3, -0.25) is 0 Å². The van der Waals surface area contributed by atoms with E-state index in [1.807, 2.05) is 29.9 Å². The third kappa shape index (κ3) is 2.14. The molecule has 0 amide bonds. The van der Waals surface area contributed by atoms with E-state index >= 15 is 0 Å². The molecule has 1 fully saturated rings. The first kappa shape index (κ1) is 11.0. The SMILES string of the molecule is C=Cc1nc(OC2CC2)ccc1-c1cn(C)cn1. The van der Waals surface area contributed by atoms with Crippen molar-refractivity contribution in [1.29, 1.82) is 0 Å². The average molecular weight is 241 g/mol. The zero-order valence-electron chi connectivity index (χ0n) is 10.3. The summed E-state index contributed by atoms with van der Waals surface area (Å²) in [6, 6.07) is 3.89. The van der Waals surface area contributed by atoms with Crippen LogP contribution >= 0.6 is 0 Å². The standard InChI is InChI=1S/C14H15N3O/c1-3-12-11(13-8-17(2)9-15-13)6-7-14(16-12)18-10-4-5-10/h3,6-10H,1,4-5H2,2H3. The molecule has 2 aromatic rings. The molecular formula is C14H15N3O. The highest BCUT2D eigenvalue weighted by Gasteiger charge is 2.24. The lowest BCUT2D eigenvalue weighted by Gasteiger charge is -2.07. The Labute approximate surface area is 106 Å². The number of ether oxygens (including phenoxy) is 1. The zero-order valence-corrected chi connectivity index (χ0v) is 10.3. The molecule has 2 aromatic heterocycles. The lowest BCUT2D eigenvalue weighted by Crippen LogP contribution is -1.99. The Morgan fingerprint density at radius 2 is 2.28 bits per heavy atom. The summed E-state index contributed by atoms with van der Waals surface area (Å²) in [5, 5.41) is 0. The molecule has 4 nitrogen and oxygen atoms in total. The van der Waals surface area contributed by atoms with Crippen LogP contribution in [0.1, 0.15) is 18.5 Å². The van der Waals surface area contributed by atoms with E-state index in [1.165, 1.54) is 0 Å². The van der Waals surface area contributed by atoms with Crippen molar-refractivity contribution in [1.82, 2.24) is 14.5 Å². The maximum atomic E-state index is 5.68. The van der Waals surface area contributed by atoms with Gasteiger partial charge in [-0.1, -0.05) is 6.58 Å². The fourth-order valence-corrected chi connectivity index (χ4v) is 1.80. The Balaban J connectivity index is 1.96. The highest BCUT2D eigenvalue weighted by Crippen LogP contribution is 2.28. The Bertz CT molecular complexity index is 584. The number of rotatable bonds is 4. The molecule has 0 spiro atoms. The van der Waals surface area contributed by atoms with E-state index in [2.05, 4.69) is 16.5 Å². The van der Waals surface area contributed by atoms with Gasteiger partial charge in [0, 0.05) is 24.9 Å². The van der Waals surface area contributed by atoms with Crippen molar-refractivity contribution >= 4 is 6.08 Å². The van der Waals surface area contributed by atoms with Crippen LogP contribution in [-0.4, -0.2) is 20.6 Å². The minimum absolute atomic E-state index is 0.357. The maximum Gasteiger partial charge on any atom is 0.214 e. The summed E-state index contributed by atoms with van der Waals surface area (Å²) in [7, 11) is 1.95. The van der Waals surface area contributed by atoms with Crippen LogP contribution in [-0.2, 0) is 7.05 Å². The second-order valence-corrected chi connectivity index (χ2v) is 4.53. The third-order valence-corrected chi connectivity index (χ3v) is 2.89. The number of aryl methyl sites for hydroxylation is 1. The Hall–Kier alpha value is -2.10. The summed E-state index contributed by atoms with van der Waals surface area (Å²) in [6.45, 7) is 3.81. The average Bonchev–Trinajstić information content (AvgIpc) is 3.09. The Morgan fingerprint density at radius 1 is 1.44 bits per heavy atom. The predicted octanol–water partition coefficient (Wildman–Crippen LogP) is 2.67. The molecule has 92 valence electrons. The van der Waals surface area contributed by atoms with E-state index in [9.17, 15) is 0 Å². The summed E-state index contributed by atoms with van der Waals surface area (Å²) in [5.74, 6) is 0.673. The van der Waals surface area contributed by atoms with Crippen LogP contribution in [0.4, 0.5) is 0 Å². The van der Waals surface area contributed by atoms with E-state index in [1.54, 1.807) is 12.4 Å². The molecule has 0 aromatic carbocycles. The highest BCUT2D eigenvalue weighted by molar-refractivity contribution is 5.70. The van der Waals surface area contributed by atoms with E-state index in [-0.39, 0.29) is 0 Å². The molecule has 1 saturated carbocycles. The van der Waals surface area contributed by atoms with Gasteiger partial charge in [-0.15, -0.1) is 0 Å². The predicted molar refractivity (Wildman–Crippen MR) is 70.2 cm³/mol. The number of pyridine rings is 1. The van der Waals surface area contributed by atoms with Gasteiger partial charge in [0.2, 0.25) is 5.88 Å². The van der Waals surface area contributed by atoms with Crippen LogP contribution in [0.15, 0.2) is 31.2 Å². The molecule has 0 N–H and O–H groups in total. The molecule has 1 aliphatic rings. The van der Waals surface area contributed by atoms with Gasteiger partial charge in [0.25, 0.3) is 0 Å². The van der Waals surface area contributed by atoms with Crippen molar-refractivity contribution in [3.8, 4) is 17.1 Å². The van der Waals surface area contributed by atoms with Gasteiger partial charge in [-0.25, -0.2) is 9.97 Å². The molecule has 2 heterocycles. The Kier molecular flexibility index (Phi) is 2.63. The summed E-state index contributed by atoms with van der Waals surface area (Å²) in [4.78, 5) is 8.80. The molecule has 0 radical (unpaired) electrons. The van der Waals surface area contributed by atoms with Crippen molar-refractivity contribution in [2.75, 3.05) is 0 Å². The van der Waals surface area contributed by atoms with Crippen molar-refractivity contribution in [2.24, 2.45) is 7.05 Å². The van der Waals surface area contributed by atoms with Crippen LogP contribution < -0.4 is 4.74 Å². The van der Waals surface area contributed by atoms with Gasteiger partial charge in [0.15, 0.2) is 0 Å². The van der Waals surface area contributed by atoms with Crippen LogP contribution in [0.3, 0.4) is 0 Å². The summed E-state index contributed by atoms with van der Waals surface area (Å²) in [5.41, 5.74) is 2.69. The topological polar surface area (TPSA) is 39.9 Å². The summed E-state index contributed by atoms with van der Waals surface area (Å²) < 4.78 is 7.59. The molecule has 3 rings (SSSR count). The molecule has 4 heteroatoms. The molecule has 18 heavy (non-hydrogen) atoms. The van der Waals surface area contributed by atoms with Crippen molar-refractivity contribution < 1.29 is 4.74 Å². The van der Waals surface area contributed by atoms with Crippen LogP contribution in [0.5, 0.6) is 5.88 Å². The first-order valence-electron chi connectivity index (χ1n) is 6.05. The minimum atomic E-state index is 0.357. The molecular weight excluding hydrogens is 226 g/mol. The normalized spacial score (nSPS) is 14.5. The summed E-state index contributed by atoms with van der Waals surface area (Å²) in [6.07, 6.45) is 8.10. The fourth-order valence-electron chi connectivity index (χ4n) is 1.80. The number of aromatic nitrogens is 3. The van der Waals surface area contributed by atoms with E-state index in [0.717, 1.165) is 29.8 Å². The molecule has 0 bridgehead atoms. The van der Waals surface area contributed by atoms with Crippen LogP contribution in [0, 0.1) is 0 Å². The first-order chi connectivity index (χ1) is 8.76. The van der Waals surface area contributed by atoms with Gasteiger partial charge < -0.3 is 9.30 Å². The van der Waals surface area contributed by atoms with E-state index < -0.39 is 0 Å². The quantitative estimate of drug-likeness (QED) is 0.826. The number of nitrogens with zero attached hydrogens (tertiary/aromatic N) is 3. The zero-order chi connectivity index (χ0) is 12.5. The van der Waals surface area contributed by atoms with Gasteiger partial charge >= 0.3 is 0 Å². The lowest BCUT2D eigenvalue weighted by atomic mass is 10.1. The monoisotopic (exact) mass is 241 g/mol. The molecule has 0 atom stereocenters. The molecule has 0 unspecified atom stereocenters. The minimum Gasteiger partial charge on any atom is -0.474 e. The fraction of sp³-hybridized carbons (Fsp3) is 0.286. The lowest BCUT2D eigenvalue weighted by molar-refractivity contribution is 0.291. The van der Waals surface area contributed by atoms with Crippen molar-refractivity contribution in [3.05, 3.63) is 36.9 Å². The highest BCUT2D eigenvalue weighted by atomic mass is 16.5. The van der Waals surface area contributed by atoms with Crippen molar-refractivity contribution in [2.45, 2.75) is 18.9 Å². The largest absolute Gasteiger partial charge is 0.474 e. The number of hydrogen-bond acceptors (Lipinski definition) is 3. The van der Waals surface area contributed by atoms with E-state index in [4.69, 9.17) is 4.74 Å². The molecule has 0 aliphatic heterocycles. The van der Waals surface area contributed by atoms with Crippen molar-refractivity contribution in [3.63, 3.8) is 0 Å². The van der Waals surface area contributed by atoms with Crippen LogP contribution in [0.25, 0.3) is 17.3 Å². The van der Waals surface area contributed by atoms with Crippen LogP contribution in [0.2, 0.25) is 0 Å². The number of imidazole rings is 1. The number of hydrogen-bond donors (Lipinski definition) is 0. The van der Waals surface area contributed by atoms with Gasteiger partial charge in [-0.2, -0.15) is 0 Å². The smallest absolute Gasteiger partial charge is 0.214 e. The maximum absolute atomic E-state index is 5.68. The van der Waals surface area contributed by atoms with E-state index in [0.29, 0.717) is 12.0 Å². The van der Waals surface area contributed by atoms with Gasteiger partial charge in [-0.05, 0) is 25.0 Å². The van der Waals surface area contributed by atoms with Gasteiger partial charge in [0.05, 0.1) is 17.7 Å². The first-order valence-corrected chi connectivity index (χ1v) is 6.05. The second-order valence-electron chi connectivity index (χ2n) is 4.53. The van der Waals surface area contributed by atoms with Gasteiger partial charge in [0.1, 0.15) is 6.10 Å². The molecule has 1 aliphatic carbocycles. The third-order valence-electron chi connectivity index (χ3n) is 2.89. The molecule has 0 saturated heterocycles. The second kappa shape index (κ2) is 4.29.